The summed E-state index contributed by atoms with van der Waals surface area (Å²) in [6.07, 6.45) is 1.83. The Hall–Kier alpha value is -3.70. The van der Waals surface area contributed by atoms with E-state index in [1.807, 2.05) is 48.5 Å². The third kappa shape index (κ3) is 4.66. The molecule has 0 aliphatic carbocycles. The number of fused-ring (bicyclic) bond motifs is 1. The molecule has 0 bridgehead atoms. The maximum absolute atomic E-state index is 11.9. The zero-order valence-electron chi connectivity index (χ0n) is 18.7. The molecule has 10 nitrogen and oxygen atoms in total. The van der Waals surface area contributed by atoms with Gasteiger partial charge in [-0.25, -0.2) is 4.98 Å². The number of likely N-dealkylation sites (tertiary alicyclic amines) is 1. The highest BCUT2D eigenvalue weighted by molar-refractivity contribution is 7.20. The number of nitrogens with two attached hydrogens (primary N) is 1. The molecule has 3 heterocycles. The molecule has 11 heteroatoms. The Labute approximate surface area is 200 Å². The third-order valence-corrected chi connectivity index (χ3v) is 6.70. The second-order valence-corrected chi connectivity index (χ2v) is 8.89. The monoisotopic (exact) mass is 479 g/mol. The molecule has 1 atom stereocenters. The standard InChI is InChI=1S/C23H25N7O3S/c1-32-20(31)18-6-4-12-29(18)13-14-33-16-10-8-15(9-11-16)25-22-27-21(24)30(28-22)23-26-17-5-2-3-7-19(17)34-23/h2-3,5,7-11,18H,4,6,12-14H2,1H3,(H3,24,25,27,28). The zero-order chi connectivity index (χ0) is 23.5. The van der Waals surface area contributed by atoms with Crippen molar-refractivity contribution in [2.75, 3.05) is 37.9 Å². The van der Waals surface area contributed by atoms with Crippen molar-refractivity contribution in [1.82, 2.24) is 24.6 Å². The quantitative estimate of drug-likeness (QED) is 0.367. The SMILES string of the molecule is COC(=O)C1CCCN1CCOc1ccc(Nc2nc(N)n(-c3nc4ccccc4s3)n2)cc1. The molecule has 1 fully saturated rings. The summed E-state index contributed by atoms with van der Waals surface area (Å²) in [5.74, 6) is 1.21. The minimum Gasteiger partial charge on any atom is -0.492 e. The minimum absolute atomic E-state index is 0.164. The lowest BCUT2D eigenvalue weighted by Crippen LogP contribution is -2.39. The van der Waals surface area contributed by atoms with Gasteiger partial charge >= 0.3 is 5.97 Å². The number of benzene rings is 2. The number of anilines is 3. The van der Waals surface area contributed by atoms with Gasteiger partial charge in [-0.15, -0.1) is 5.10 Å². The van der Waals surface area contributed by atoms with Crippen LogP contribution in [0.15, 0.2) is 48.5 Å². The van der Waals surface area contributed by atoms with Gasteiger partial charge in [-0.1, -0.05) is 23.5 Å². The summed E-state index contributed by atoms with van der Waals surface area (Å²) in [5.41, 5.74) is 7.78. The summed E-state index contributed by atoms with van der Waals surface area (Å²) in [4.78, 5) is 22.9. The number of ether oxygens (including phenoxy) is 2. The van der Waals surface area contributed by atoms with Crippen LogP contribution in [0.5, 0.6) is 5.75 Å². The predicted molar refractivity (Wildman–Crippen MR) is 131 cm³/mol. The van der Waals surface area contributed by atoms with Gasteiger partial charge in [0.1, 0.15) is 18.4 Å². The average molecular weight is 480 g/mol. The average Bonchev–Trinajstić information content (AvgIpc) is 3.57. The largest absolute Gasteiger partial charge is 0.492 e. The van der Waals surface area contributed by atoms with Crippen LogP contribution >= 0.6 is 11.3 Å². The predicted octanol–water partition coefficient (Wildman–Crippen LogP) is 3.22. The molecule has 1 aliphatic rings. The number of esters is 1. The first-order valence-corrected chi connectivity index (χ1v) is 11.8. The summed E-state index contributed by atoms with van der Waals surface area (Å²) in [6, 6.07) is 15.2. The number of aromatic nitrogens is 4. The van der Waals surface area contributed by atoms with E-state index in [0.717, 1.165) is 41.0 Å². The van der Waals surface area contributed by atoms with Crippen molar-refractivity contribution in [2.24, 2.45) is 0 Å². The lowest BCUT2D eigenvalue weighted by molar-refractivity contribution is -0.145. The highest BCUT2D eigenvalue weighted by Crippen LogP contribution is 2.27. The fraction of sp³-hybridized carbons (Fsp3) is 0.304. The smallest absolute Gasteiger partial charge is 0.323 e. The van der Waals surface area contributed by atoms with Gasteiger partial charge in [-0.05, 0) is 55.8 Å². The van der Waals surface area contributed by atoms with Crippen LogP contribution in [0.4, 0.5) is 17.6 Å². The molecule has 3 N–H and O–H groups in total. The number of nitrogens with zero attached hydrogens (tertiary/aromatic N) is 5. The van der Waals surface area contributed by atoms with Crippen LogP contribution in [0.1, 0.15) is 12.8 Å². The molecule has 5 rings (SSSR count). The highest BCUT2D eigenvalue weighted by Gasteiger charge is 2.31. The second kappa shape index (κ2) is 9.65. The third-order valence-electron chi connectivity index (χ3n) is 5.69. The van der Waals surface area contributed by atoms with Gasteiger partial charge in [0.05, 0.1) is 17.3 Å². The Bertz CT molecular complexity index is 1250. The number of nitrogen functional groups attached to an aromatic ring is 1. The van der Waals surface area contributed by atoms with Crippen molar-refractivity contribution < 1.29 is 14.3 Å². The maximum atomic E-state index is 11.9. The van der Waals surface area contributed by atoms with E-state index in [4.69, 9.17) is 15.2 Å². The first-order valence-electron chi connectivity index (χ1n) is 11.0. The van der Waals surface area contributed by atoms with Crippen LogP contribution in [0.3, 0.4) is 0 Å². The molecule has 2 aromatic heterocycles. The molecular formula is C23H25N7O3S. The zero-order valence-corrected chi connectivity index (χ0v) is 19.5. The summed E-state index contributed by atoms with van der Waals surface area (Å²) in [7, 11) is 1.43. The molecule has 1 saturated heterocycles. The fourth-order valence-corrected chi connectivity index (χ4v) is 4.94. The number of methoxy groups -OCH3 is 1. The normalized spacial score (nSPS) is 16.1. The number of nitrogens with one attached hydrogen (secondary N) is 1. The molecular weight excluding hydrogens is 454 g/mol. The van der Waals surface area contributed by atoms with Crippen LogP contribution in [0.2, 0.25) is 0 Å². The van der Waals surface area contributed by atoms with Gasteiger partial charge in [0.2, 0.25) is 17.0 Å². The topological polar surface area (TPSA) is 120 Å². The fourth-order valence-electron chi connectivity index (χ4n) is 4.01. The molecule has 0 spiro atoms. The van der Waals surface area contributed by atoms with Crippen LogP contribution in [0, 0.1) is 0 Å². The van der Waals surface area contributed by atoms with E-state index in [9.17, 15) is 4.79 Å². The van der Waals surface area contributed by atoms with Gasteiger partial charge in [0.25, 0.3) is 0 Å². The number of carbonyl (C=O) groups is 1. The summed E-state index contributed by atoms with van der Waals surface area (Å²) >= 11 is 1.50. The summed E-state index contributed by atoms with van der Waals surface area (Å²) in [5, 5.41) is 8.28. The Morgan fingerprint density at radius 3 is 2.82 bits per heavy atom. The summed E-state index contributed by atoms with van der Waals surface area (Å²) < 4.78 is 13.3. The number of hydrogen-bond acceptors (Lipinski definition) is 10. The molecule has 0 radical (unpaired) electrons. The Morgan fingerprint density at radius 1 is 1.21 bits per heavy atom. The number of hydrogen-bond donors (Lipinski definition) is 2. The van der Waals surface area contributed by atoms with Gasteiger partial charge in [-0.3, -0.25) is 9.69 Å². The molecule has 176 valence electrons. The first kappa shape index (κ1) is 22.1. The Balaban J connectivity index is 1.18. The number of rotatable bonds is 8. The highest BCUT2D eigenvalue weighted by atomic mass is 32.1. The van der Waals surface area contributed by atoms with Crippen molar-refractivity contribution in [2.45, 2.75) is 18.9 Å². The van der Waals surface area contributed by atoms with E-state index >= 15 is 0 Å². The van der Waals surface area contributed by atoms with Gasteiger partial charge in [0.15, 0.2) is 0 Å². The lowest BCUT2D eigenvalue weighted by atomic mass is 10.2. The van der Waals surface area contributed by atoms with Crippen molar-refractivity contribution in [3.8, 4) is 10.9 Å². The van der Waals surface area contributed by atoms with Crippen molar-refractivity contribution in [1.29, 1.82) is 0 Å². The molecule has 1 aliphatic heterocycles. The minimum atomic E-state index is -0.173. The van der Waals surface area contributed by atoms with Crippen LogP contribution < -0.4 is 15.8 Å². The molecule has 2 aromatic carbocycles. The van der Waals surface area contributed by atoms with Crippen molar-refractivity contribution in [3.05, 3.63) is 48.5 Å². The van der Waals surface area contributed by atoms with E-state index in [1.54, 1.807) is 0 Å². The van der Waals surface area contributed by atoms with E-state index in [1.165, 1.54) is 23.1 Å². The van der Waals surface area contributed by atoms with Gasteiger partial charge < -0.3 is 20.5 Å². The van der Waals surface area contributed by atoms with E-state index in [2.05, 4.69) is 25.3 Å². The van der Waals surface area contributed by atoms with E-state index in [0.29, 0.717) is 24.2 Å². The molecule has 34 heavy (non-hydrogen) atoms. The molecule has 1 unspecified atom stereocenters. The molecule has 0 saturated carbocycles. The maximum Gasteiger partial charge on any atom is 0.323 e. The van der Waals surface area contributed by atoms with Crippen molar-refractivity contribution >= 4 is 45.1 Å². The Morgan fingerprint density at radius 2 is 2.03 bits per heavy atom. The lowest BCUT2D eigenvalue weighted by Gasteiger charge is -2.22. The van der Waals surface area contributed by atoms with Crippen molar-refractivity contribution in [3.63, 3.8) is 0 Å². The number of para-hydroxylation sites is 1. The first-order chi connectivity index (χ1) is 16.6. The Kier molecular flexibility index (Phi) is 6.28. The molecule has 4 aromatic rings. The van der Waals surface area contributed by atoms with Crippen LogP contribution in [-0.2, 0) is 9.53 Å². The van der Waals surface area contributed by atoms with Crippen LogP contribution in [0.25, 0.3) is 15.3 Å². The van der Waals surface area contributed by atoms with E-state index < -0.39 is 0 Å². The van der Waals surface area contributed by atoms with Crippen LogP contribution in [-0.4, -0.2) is 63.5 Å². The number of carbonyl (C=O) groups excluding carboxylic acids is 1. The molecule has 0 amide bonds. The second-order valence-electron chi connectivity index (χ2n) is 7.88. The van der Waals surface area contributed by atoms with Gasteiger partial charge in [-0.2, -0.15) is 9.67 Å². The van der Waals surface area contributed by atoms with Gasteiger partial charge in [0, 0.05) is 12.2 Å². The van der Waals surface area contributed by atoms with E-state index in [-0.39, 0.29) is 18.0 Å². The number of thiazole rings is 1. The summed E-state index contributed by atoms with van der Waals surface area (Å²) in [6.45, 7) is 2.04.